The van der Waals surface area contributed by atoms with Gasteiger partial charge in [-0.2, -0.15) is 8.42 Å². The minimum atomic E-state index is -3.64. The van der Waals surface area contributed by atoms with Gasteiger partial charge >= 0.3 is 0 Å². The van der Waals surface area contributed by atoms with Gasteiger partial charge in [-0.3, -0.25) is 4.18 Å². The number of rotatable bonds is 5. The lowest BCUT2D eigenvalue weighted by atomic mass is 10.4. The molecule has 0 amide bonds. The van der Waals surface area contributed by atoms with Gasteiger partial charge in [0.25, 0.3) is 10.1 Å². The molecule has 0 aliphatic carbocycles. The number of hydrogen-bond acceptors (Lipinski definition) is 4. The third kappa shape index (κ3) is 3.10. The molecule has 0 aliphatic rings. The summed E-state index contributed by atoms with van der Waals surface area (Å²) in [6.07, 6.45) is 0.312. The summed E-state index contributed by atoms with van der Waals surface area (Å²) in [4.78, 5) is 0.137. The van der Waals surface area contributed by atoms with E-state index in [0.717, 1.165) is 0 Å². The normalized spacial score (nSPS) is 11.5. The Labute approximate surface area is 83.3 Å². The van der Waals surface area contributed by atoms with Crippen molar-refractivity contribution >= 4 is 10.1 Å². The van der Waals surface area contributed by atoms with Crippen LogP contribution in [0.2, 0.25) is 0 Å². The zero-order valence-corrected chi connectivity index (χ0v) is 8.40. The van der Waals surface area contributed by atoms with Crippen LogP contribution < -0.4 is 0 Å². The molecule has 4 nitrogen and oxygen atoms in total. The molecule has 0 aliphatic heterocycles. The third-order valence-electron chi connectivity index (χ3n) is 1.57. The van der Waals surface area contributed by atoms with Crippen molar-refractivity contribution in [3.63, 3.8) is 0 Å². The molecule has 0 saturated heterocycles. The van der Waals surface area contributed by atoms with Gasteiger partial charge < -0.3 is 5.11 Å². The molecule has 0 unspecified atom stereocenters. The summed E-state index contributed by atoms with van der Waals surface area (Å²) in [5.74, 6) is 0. The Morgan fingerprint density at radius 1 is 1.21 bits per heavy atom. The van der Waals surface area contributed by atoms with E-state index in [0.29, 0.717) is 6.42 Å². The Balaban J connectivity index is 2.67. The van der Waals surface area contributed by atoms with E-state index >= 15 is 0 Å². The molecule has 1 rings (SSSR count). The Morgan fingerprint density at radius 3 is 2.43 bits per heavy atom. The van der Waals surface area contributed by atoms with Crippen LogP contribution in [0.4, 0.5) is 0 Å². The second kappa shape index (κ2) is 5.09. The second-order valence-corrected chi connectivity index (χ2v) is 4.28. The number of aliphatic hydroxyl groups is 1. The van der Waals surface area contributed by atoms with Crippen LogP contribution in [0.1, 0.15) is 6.42 Å². The second-order valence-electron chi connectivity index (χ2n) is 2.67. The first-order chi connectivity index (χ1) is 6.67. The SMILES string of the molecule is O=S(=O)(OCCCO)c1ccccc1. The average molecular weight is 216 g/mol. The molecule has 0 fully saturated rings. The molecular formula is C9H12O4S. The van der Waals surface area contributed by atoms with Crippen molar-refractivity contribution in [3.8, 4) is 0 Å². The number of benzene rings is 1. The van der Waals surface area contributed by atoms with Crippen LogP contribution in [-0.4, -0.2) is 26.7 Å². The molecule has 0 saturated carbocycles. The van der Waals surface area contributed by atoms with Crippen LogP contribution in [0.5, 0.6) is 0 Å². The summed E-state index contributed by atoms with van der Waals surface area (Å²) in [7, 11) is -3.64. The minimum absolute atomic E-state index is 0.00767. The fourth-order valence-electron chi connectivity index (χ4n) is 0.888. The van der Waals surface area contributed by atoms with Gasteiger partial charge in [0, 0.05) is 6.61 Å². The van der Waals surface area contributed by atoms with E-state index in [9.17, 15) is 8.42 Å². The molecule has 5 heteroatoms. The van der Waals surface area contributed by atoms with Crippen LogP contribution in [-0.2, 0) is 14.3 Å². The van der Waals surface area contributed by atoms with Crippen LogP contribution in [0, 0.1) is 0 Å². The molecule has 0 atom stereocenters. The summed E-state index contributed by atoms with van der Waals surface area (Å²) in [5, 5.41) is 8.46. The molecule has 0 heterocycles. The molecule has 1 aromatic rings. The van der Waals surface area contributed by atoms with Gasteiger partial charge in [-0.05, 0) is 18.6 Å². The maximum atomic E-state index is 11.4. The van der Waals surface area contributed by atoms with Crippen molar-refractivity contribution < 1.29 is 17.7 Å². The van der Waals surface area contributed by atoms with Crippen molar-refractivity contribution in [2.45, 2.75) is 11.3 Å². The molecular weight excluding hydrogens is 204 g/mol. The average Bonchev–Trinajstić information content (AvgIpc) is 2.19. The van der Waals surface area contributed by atoms with E-state index in [2.05, 4.69) is 4.18 Å². The highest BCUT2D eigenvalue weighted by molar-refractivity contribution is 7.86. The first-order valence-corrected chi connectivity index (χ1v) is 5.63. The van der Waals surface area contributed by atoms with Crippen molar-refractivity contribution in [1.29, 1.82) is 0 Å². The molecule has 0 radical (unpaired) electrons. The third-order valence-corrected chi connectivity index (χ3v) is 2.90. The first kappa shape index (κ1) is 11.2. The standard InChI is InChI=1S/C9H12O4S/c10-7-4-8-13-14(11,12)9-5-2-1-3-6-9/h1-3,5-6,10H,4,7-8H2. The summed E-state index contributed by atoms with van der Waals surface area (Å²) in [6.45, 7) is -0.0714. The predicted octanol–water partition coefficient (Wildman–Crippen LogP) is 0.774. The maximum Gasteiger partial charge on any atom is 0.296 e. The van der Waals surface area contributed by atoms with Crippen LogP contribution in [0.3, 0.4) is 0 Å². The van der Waals surface area contributed by atoms with Gasteiger partial charge in [-0.1, -0.05) is 18.2 Å². The Kier molecular flexibility index (Phi) is 4.06. The minimum Gasteiger partial charge on any atom is -0.396 e. The van der Waals surface area contributed by atoms with E-state index in [1.54, 1.807) is 18.2 Å². The summed E-state index contributed by atoms with van der Waals surface area (Å²) in [5.41, 5.74) is 0. The molecule has 78 valence electrons. The van der Waals surface area contributed by atoms with Crippen LogP contribution in [0.25, 0.3) is 0 Å². The van der Waals surface area contributed by atoms with Crippen molar-refractivity contribution in [2.75, 3.05) is 13.2 Å². The molecule has 0 bridgehead atoms. The topological polar surface area (TPSA) is 63.6 Å². The van der Waals surface area contributed by atoms with Gasteiger partial charge in [0.15, 0.2) is 0 Å². The molecule has 14 heavy (non-hydrogen) atoms. The predicted molar refractivity (Wildman–Crippen MR) is 51.3 cm³/mol. The Hall–Kier alpha value is -0.910. The quantitative estimate of drug-likeness (QED) is 0.583. The van der Waals surface area contributed by atoms with Crippen LogP contribution >= 0.6 is 0 Å². The smallest absolute Gasteiger partial charge is 0.296 e. The van der Waals surface area contributed by atoms with Crippen LogP contribution in [0.15, 0.2) is 35.2 Å². The Bertz CT molecular complexity index is 358. The fourth-order valence-corrected chi connectivity index (χ4v) is 1.85. The van der Waals surface area contributed by atoms with E-state index < -0.39 is 10.1 Å². The fraction of sp³-hybridized carbons (Fsp3) is 0.333. The van der Waals surface area contributed by atoms with Crippen molar-refractivity contribution in [1.82, 2.24) is 0 Å². The molecule has 1 aromatic carbocycles. The lowest BCUT2D eigenvalue weighted by Gasteiger charge is -2.03. The van der Waals surface area contributed by atoms with Gasteiger partial charge in [0.1, 0.15) is 0 Å². The lowest BCUT2D eigenvalue weighted by molar-refractivity contribution is 0.237. The molecule has 0 spiro atoms. The largest absolute Gasteiger partial charge is 0.396 e. The van der Waals surface area contributed by atoms with Gasteiger partial charge in [0.2, 0.25) is 0 Å². The maximum absolute atomic E-state index is 11.4. The first-order valence-electron chi connectivity index (χ1n) is 4.22. The van der Waals surface area contributed by atoms with E-state index in [1.807, 2.05) is 0 Å². The summed E-state index contributed by atoms with van der Waals surface area (Å²) >= 11 is 0. The molecule has 0 aromatic heterocycles. The highest BCUT2D eigenvalue weighted by atomic mass is 32.2. The highest BCUT2D eigenvalue weighted by Crippen LogP contribution is 2.11. The van der Waals surface area contributed by atoms with E-state index in [-0.39, 0.29) is 18.1 Å². The lowest BCUT2D eigenvalue weighted by Crippen LogP contribution is -2.08. The highest BCUT2D eigenvalue weighted by Gasteiger charge is 2.13. The van der Waals surface area contributed by atoms with Gasteiger partial charge in [0.05, 0.1) is 11.5 Å². The summed E-state index contributed by atoms with van der Waals surface area (Å²) < 4.78 is 27.5. The van der Waals surface area contributed by atoms with Crippen molar-refractivity contribution in [2.24, 2.45) is 0 Å². The van der Waals surface area contributed by atoms with Gasteiger partial charge in [-0.25, -0.2) is 0 Å². The monoisotopic (exact) mass is 216 g/mol. The zero-order chi connectivity index (χ0) is 10.4. The zero-order valence-electron chi connectivity index (χ0n) is 7.59. The van der Waals surface area contributed by atoms with Gasteiger partial charge in [-0.15, -0.1) is 0 Å². The van der Waals surface area contributed by atoms with E-state index in [4.69, 9.17) is 5.11 Å². The number of hydrogen-bond donors (Lipinski definition) is 1. The Morgan fingerprint density at radius 2 is 1.86 bits per heavy atom. The summed E-state index contributed by atoms with van der Waals surface area (Å²) in [6, 6.07) is 7.92. The molecule has 1 N–H and O–H groups in total. The number of aliphatic hydroxyl groups excluding tert-OH is 1. The van der Waals surface area contributed by atoms with E-state index in [1.165, 1.54) is 12.1 Å². The van der Waals surface area contributed by atoms with Crippen molar-refractivity contribution in [3.05, 3.63) is 30.3 Å².